The minimum Gasteiger partial charge on any atom is -0.496 e. The third-order valence-electron chi connectivity index (χ3n) is 6.20. The van der Waals surface area contributed by atoms with Crippen LogP contribution < -0.4 is 24.8 Å². The molecule has 190 valence electrons. The van der Waals surface area contributed by atoms with E-state index in [1.54, 1.807) is 21.3 Å². The molecule has 1 aromatic carbocycles. The Balaban J connectivity index is 2.19. The van der Waals surface area contributed by atoms with Gasteiger partial charge in [-0.1, -0.05) is 13.8 Å². The molecule has 1 unspecified atom stereocenters. The molecule has 1 aliphatic carbocycles. The van der Waals surface area contributed by atoms with Crippen LogP contribution in [0, 0.1) is 18.8 Å². The Morgan fingerprint density at radius 1 is 1.03 bits per heavy atom. The van der Waals surface area contributed by atoms with E-state index in [-0.39, 0.29) is 11.8 Å². The second kappa shape index (κ2) is 12.3. The van der Waals surface area contributed by atoms with Crippen molar-refractivity contribution in [2.45, 2.75) is 58.4 Å². The summed E-state index contributed by atoms with van der Waals surface area (Å²) in [7, 11) is 2.95. The number of fused-ring (bicyclic) bond motifs is 1. The monoisotopic (exact) mass is 480 g/mol. The van der Waals surface area contributed by atoms with Crippen LogP contribution in [0.15, 0.2) is 0 Å². The maximum atomic E-state index is 13.0. The number of ether oxygens (including phenoxy) is 3. The average Bonchev–Trinajstić information content (AvgIpc) is 2.80. The molecule has 3 atom stereocenters. The summed E-state index contributed by atoms with van der Waals surface area (Å²) in [6.45, 7) is 5.01. The number of hydrogen-bond donors (Lipinski definition) is 5. The van der Waals surface area contributed by atoms with Gasteiger partial charge < -0.3 is 40.0 Å². The van der Waals surface area contributed by atoms with E-state index >= 15 is 0 Å². The minimum absolute atomic E-state index is 0.102. The molecule has 0 radical (unpaired) electrons. The predicted molar refractivity (Wildman–Crippen MR) is 127 cm³/mol. The topological polar surface area (TPSA) is 147 Å². The molecular weight excluding hydrogens is 443 g/mol. The lowest BCUT2D eigenvalue weighted by molar-refractivity contribution is -0.132. The van der Waals surface area contributed by atoms with Gasteiger partial charge in [0.1, 0.15) is 11.8 Å². The van der Waals surface area contributed by atoms with Crippen molar-refractivity contribution in [3.63, 3.8) is 0 Å². The number of carbonyl (C=O) groups is 2. The van der Waals surface area contributed by atoms with Crippen LogP contribution in [0.4, 0.5) is 0 Å². The molecule has 1 aliphatic rings. The third kappa shape index (κ3) is 6.14. The summed E-state index contributed by atoms with van der Waals surface area (Å²) in [5.74, 6) is -0.447. The highest BCUT2D eigenvalue weighted by Gasteiger charge is 2.35. The van der Waals surface area contributed by atoms with E-state index < -0.39 is 37.5 Å². The summed E-state index contributed by atoms with van der Waals surface area (Å²) < 4.78 is 16.8. The molecule has 2 rings (SSSR count). The van der Waals surface area contributed by atoms with Gasteiger partial charge in [-0.25, -0.2) is 0 Å². The molecule has 0 aromatic heterocycles. The lowest BCUT2D eigenvalue weighted by Gasteiger charge is -2.30. The van der Waals surface area contributed by atoms with Gasteiger partial charge in [-0.15, -0.1) is 0 Å². The lowest BCUT2D eigenvalue weighted by Crippen LogP contribution is -2.56. The number of nitrogens with one attached hydrogen (secondary N) is 2. The lowest BCUT2D eigenvalue weighted by atomic mass is 9.75. The molecule has 34 heavy (non-hydrogen) atoms. The Labute approximate surface area is 201 Å². The first-order chi connectivity index (χ1) is 16.1. The Kier molecular flexibility index (Phi) is 10.0. The second-order valence-corrected chi connectivity index (χ2v) is 9.02. The van der Waals surface area contributed by atoms with Crippen molar-refractivity contribution in [3.8, 4) is 17.2 Å². The van der Waals surface area contributed by atoms with Gasteiger partial charge in [0.2, 0.25) is 11.8 Å². The number of benzene rings is 1. The van der Waals surface area contributed by atoms with Gasteiger partial charge in [0, 0.05) is 22.6 Å². The summed E-state index contributed by atoms with van der Waals surface area (Å²) in [5.41, 5.74) is 2.55. The second-order valence-electron chi connectivity index (χ2n) is 9.02. The Bertz CT molecular complexity index is 877. The molecule has 0 saturated carbocycles. The SMILES string of the molecule is COc1c(C)c(OC)c(OC)c2c1CC(C(=O)N[C@@H](CO)C(=O)N[C@@H](CC(C)C)B(O)O)CC2. The van der Waals surface area contributed by atoms with E-state index in [2.05, 4.69) is 10.6 Å². The van der Waals surface area contributed by atoms with Crippen LogP contribution >= 0.6 is 0 Å². The van der Waals surface area contributed by atoms with Gasteiger partial charge in [-0.05, 0) is 38.5 Å². The van der Waals surface area contributed by atoms with Crippen molar-refractivity contribution in [2.24, 2.45) is 11.8 Å². The first-order valence-electron chi connectivity index (χ1n) is 11.5. The zero-order valence-electron chi connectivity index (χ0n) is 20.8. The van der Waals surface area contributed by atoms with Crippen LogP contribution in [0.2, 0.25) is 0 Å². The number of methoxy groups -OCH3 is 3. The molecule has 0 aliphatic heterocycles. The van der Waals surface area contributed by atoms with E-state index in [9.17, 15) is 24.7 Å². The van der Waals surface area contributed by atoms with Gasteiger partial charge in [0.05, 0.1) is 33.9 Å². The van der Waals surface area contributed by atoms with Crippen LogP contribution in [0.25, 0.3) is 0 Å². The van der Waals surface area contributed by atoms with Crippen LogP contribution in [0.1, 0.15) is 43.4 Å². The Morgan fingerprint density at radius 2 is 1.65 bits per heavy atom. The van der Waals surface area contributed by atoms with Crippen LogP contribution in [-0.2, 0) is 22.4 Å². The fraction of sp³-hybridized carbons (Fsp3) is 0.652. The molecule has 0 spiro atoms. The quantitative estimate of drug-likeness (QED) is 0.281. The number of amides is 2. The van der Waals surface area contributed by atoms with Crippen molar-refractivity contribution < 1.29 is 39.0 Å². The van der Waals surface area contributed by atoms with Crippen molar-refractivity contribution in [3.05, 3.63) is 16.7 Å². The average molecular weight is 480 g/mol. The van der Waals surface area contributed by atoms with Gasteiger partial charge in [0.15, 0.2) is 11.5 Å². The normalized spacial score (nSPS) is 16.8. The summed E-state index contributed by atoms with van der Waals surface area (Å²) in [5, 5.41) is 34.0. The largest absolute Gasteiger partial charge is 0.496 e. The minimum atomic E-state index is -1.75. The van der Waals surface area contributed by atoms with E-state index in [4.69, 9.17) is 14.2 Å². The fourth-order valence-electron chi connectivity index (χ4n) is 4.55. The number of hydrogen-bond acceptors (Lipinski definition) is 8. The zero-order valence-corrected chi connectivity index (χ0v) is 20.8. The molecule has 0 bridgehead atoms. The third-order valence-corrected chi connectivity index (χ3v) is 6.20. The van der Waals surface area contributed by atoms with E-state index in [0.717, 1.165) is 16.7 Å². The van der Waals surface area contributed by atoms with Crippen LogP contribution in [-0.4, -0.2) is 74.0 Å². The zero-order chi connectivity index (χ0) is 25.6. The maximum absolute atomic E-state index is 13.0. The first kappa shape index (κ1) is 27.7. The molecule has 10 nitrogen and oxygen atoms in total. The number of aliphatic hydroxyl groups excluding tert-OH is 1. The smallest absolute Gasteiger partial charge is 0.475 e. The van der Waals surface area contributed by atoms with E-state index in [1.165, 1.54) is 0 Å². The fourth-order valence-corrected chi connectivity index (χ4v) is 4.55. The molecule has 1 aromatic rings. The Hall–Kier alpha value is -2.50. The predicted octanol–water partition coefficient (Wildman–Crippen LogP) is 0.146. The summed E-state index contributed by atoms with van der Waals surface area (Å²) >= 11 is 0. The first-order valence-corrected chi connectivity index (χ1v) is 11.5. The molecule has 5 N–H and O–H groups in total. The number of aliphatic hydroxyl groups is 1. The summed E-state index contributed by atoms with van der Waals surface area (Å²) in [4.78, 5) is 25.7. The van der Waals surface area contributed by atoms with Crippen molar-refractivity contribution in [2.75, 3.05) is 27.9 Å². The highest BCUT2D eigenvalue weighted by Crippen LogP contribution is 2.47. The molecule has 0 fully saturated rings. The van der Waals surface area contributed by atoms with Crippen molar-refractivity contribution >= 4 is 18.9 Å². The van der Waals surface area contributed by atoms with Gasteiger partial charge in [0.25, 0.3) is 0 Å². The number of rotatable bonds is 11. The van der Waals surface area contributed by atoms with E-state index in [1.807, 2.05) is 20.8 Å². The van der Waals surface area contributed by atoms with Gasteiger partial charge >= 0.3 is 7.12 Å². The molecule has 2 amide bonds. The standard InChI is InChI=1S/C23H37BN2O8/c1-12(2)9-18(24(30)31)26-23(29)17(11-27)25-22(28)14-7-8-15-16(10-14)19(32-4)13(3)20(33-5)21(15)34-6/h12,14,17-18,27,30-31H,7-11H2,1-6H3,(H,25,28)(H,26,29)/t14?,17-,18-/m0/s1. The summed E-state index contributed by atoms with van der Waals surface area (Å²) in [6, 6.07) is -1.21. The van der Waals surface area contributed by atoms with Crippen molar-refractivity contribution in [1.29, 1.82) is 0 Å². The van der Waals surface area contributed by atoms with Crippen molar-refractivity contribution in [1.82, 2.24) is 10.6 Å². The molecule has 0 saturated heterocycles. The Morgan fingerprint density at radius 3 is 2.15 bits per heavy atom. The van der Waals surface area contributed by atoms with Crippen LogP contribution in [0.3, 0.4) is 0 Å². The molecular formula is C23H37BN2O8. The molecule has 0 heterocycles. The molecule has 11 heteroatoms. The highest BCUT2D eigenvalue weighted by atomic mass is 16.5. The van der Waals surface area contributed by atoms with Crippen LogP contribution in [0.5, 0.6) is 17.2 Å². The van der Waals surface area contributed by atoms with Gasteiger partial charge in [-0.2, -0.15) is 0 Å². The maximum Gasteiger partial charge on any atom is 0.475 e. The van der Waals surface area contributed by atoms with Gasteiger partial charge in [-0.3, -0.25) is 9.59 Å². The van der Waals surface area contributed by atoms with E-state index in [0.29, 0.717) is 42.9 Å². The number of carbonyl (C=O) groups excluding carboxylic acids is 2. The highest BCUT2D eigenvalue weighted by molar-refractivity contribution is 6.43. The summed E-state index contributed by atoms with van der Waals surface area (Å²) in [6.07, 6.45) is 1.76.